The molecule has 0 radical (unpaired) electrons. The average molecular weight is 296 g/mol. The zero-order chi connectivity index (χ0) is 14.9. The Labute approximate surface area is 134 Å². The lowest BCUT2D eigenvalue weighted by Gasteiger charge is -2.57. The second kappa shape index (κ2) is 4.38. The van der Waals surface area contributed by atoms with Crippen molar-refractivity contribution in [2.24, 2.45) is 23.7 Å². The first-order chi connectivity index (χ1) is 10.6. The SMILES string of the molecule is CC1(c2ccc(C34CC5CC(CC(C5)C3)C4)cc2)CC1CO. The average Bonchev–Trinajstić information content (AvgIpc) is 3.18. The number of aliphatic hydroxyl groups is 1. The molecule has 2 atom stereocenters. The van der Waals surface area contributed by atoms with Crippen molar-refractivity contribution in [2.45, 2.75) is 62.7 Å². The highest BCUT2D eigenvalue weighted by molar-refractivity contribution is 5.38. The first kappa shape index (κ1) is 13.6. The van der Waals surface area contributed by atoms with Crippen molar-refractivity contribution in [3.63, 3.8) is 0 Å². The third kappa shape index (κ3) is 1.81. The van der Waals surface area contributed by atoms with Gasteiger partial charge in [-0.2, -0.15) is 0 Å². The topological polar surface area (TPSA) is 20.2 Å². The Kier molecular flexibility index (Phi) is 2.71. The maximum Gasteiger partial charge on any atom is 0.0468 e. The molecule has 1 aromatic carbocycles. The van der Waals surface area contributed by atoms with Crippen LogP contribution in [0.3, 0.4) is 0 Å². The number of benzene rings is 1. The molecule has 5 fully saturated rings. The molecule has 22 heavy (non-hydrogen) atoms. The summed E-state index contributed by atoms with van der Waals surface area (Å²) in [7, 11) is 0. The van der Waals surface area contributed by atoms with Gasteiger partial charge in [0.15, 0.2) is 0 Å². The molecule has 0 aromatic heterocycles. The minimum atomic E-state index is 0.245. The molecule has 0 saturated heterocycles. The van der Waals surface area contributed by atoms with Gasteiger partial charge in [-0.1, -0.05) is 31.2 Å². The highest BCUT2D eigenvalue weighted by atomic mass is 16.3. The van der Waals surface area contributed by atoms with Gasteiger partial charge in [-0.25, -0.2) is 0 Å². The molecular weight excluding hydrogens is 268 g/mol. The van der Waals surface area contributed by atoms with Crippen LogP contribution in [0.5, 0.6) is 0 Å². The highest BCUT2D eigenvalue weighted by Gasteiger charge is 2.53. The molecule has 5 aliphatic carbocycles. The summed E-state index contributed by atoms with van der Waals surface area (Å²) >= 11 is 0. The largest absolute Gasteiger partial charge is 0.396 e. The summed E-state index contributed by atoms with van der Waals surface area (Å²) in [4.78, 5) is 0. The van der Waals surface area contributed by atoms with Crippen molar-refractivity contribution < 1.29 is 5.11 Å². The fraction of sp³-hybridized carbons (Fsp3) is 0.714. The molecule has 1 N–H and O–H groups in total. The Morgan fingerprint density at radius 1 is 0.864 bits per heavy atom. The summed E-state index contributed by atoms with van der Waals surface area (Å²) in [5.41, 5.74) is 3.84. The first-order valence-electron chi connectivity index (χ1n) is 9.33. The number of hydrogen-bond acceptors (Lipinski definition) is 1. The maximum atomic E-state index is 9.41. The van der Waals surface area contributed by atoms with Crippen LogP contribution in [0.15, 0.2) is 24.3 Å². The molecule has 4 bridgehead atoms. The number of rotatable bonds is 3. The number of hydrogen-bond donors (Lipinski definition) is 1. The van der Waals surface area contributed by atoms with Gasteiger partial charge in [0.25, 0.3) is 0 Å². The van der Waals surface area contributed by atoms with Crippen molar-refractivity contribution in [1.82, 2.24) is 0 Å². The van der Waals surface area contributed by atoms with E-state index in [1.165, 1.54) is 44.1 Å². The zero-order valence-corrected chi connectivity index (χ0v) is 13.7. The third-order valence-electron chi connectivity index (χ3n) is 7.83. The van der Waals surface area contributed by atoms with Crippen LogP contribution in [0.2, 0.25) is 0 Å². The zero-order valence-electron chi connectivity index (χ0n) is 13.7. The van der Waals surface area contributed by atoms with Crippen molar-refractivity contribution in [3.05, 3.63) is 35.4 Å². The van der Waals surface area contributed by atoms with E-state index in [2.05, 4.69) is 31.2 Å². The van der Waals surface area contributed by atoms with Gasteiger partial charge in [0.1, 0.15) is 0 Å². The summed E-state index contributed by atoms with van der Waals surface area (Å²) in [6, 6.07) is 9.65. The summed E-state index contributed by atoms with van der Waals surface area (Å²) < 4.78 is 0. The fourth-order valence-corrected chi connectivity index (χ4v) is 6.74. The van der Waals surface area contributed by atoms with Gasteiger partial charge in [0.05, 0.1) is 0 Å². The van der Waals surface area contributed by atoms with Gasteiger partial charge in [0, 0.05) is 6.61 Å². The molecule has 118 valence electrons. The van der Waals surface area contributed by atoms with E-state index in [-0.39, 0.29) is 5.41 Å². The normalized spacial score (nSPS) is 48.6. The fourth-order valence-electron chi connectivity index (χ4n) is 6.74. The minimum absolute atomic E-state index is 0.245. The molecule has 0 amide bonds. The lowest BCUT2D eigenvalue weighted by Crippen LogP contribution is -2.48. The molecule has 1 nitrogen and oxygen atoms in total. The van der Waals surface area contributed by atoms with E-state index in [0.29, 0.717) is 17.9 Å². The lowest BCUT2D eigenvalue weighted by molar-refractivity contribution is -0.00519. The monoisotopic (exact) mass is 296 g/mol. The predicted octanol–water partition coefficient (Wildman–Crippen LogP) is 4.42. The summed E-state index contributed by atoms with van der Waals surface area (Å²) in [5, 5.41) is 9.41. The van der Waals surface area contributed by atoms with Crippen LogP contribution in [0.4, 0.5) is 0 Å². The molecule has 5 saturated carbocycles. The van der Waals surface area contributed by atoms with Crippen molar-refractivity contribution in [3.8, 4) is 0 Å². The van der Waals surface area contributed by atoms with Gasteiger partial charge < -0.3 is 5.11 Å². The second-order valence-electron chi connectivity index (χ2n) is 9.28. The standard InChI is InChI=1S/C21H28O/c1-20(12-19(20)13-22)17-2-4-18(5-3-17)21-9-14-6-15(10-21)8-16(7-14)11-21/h2-5,14-16,19,22H,6-13H2,1H3. The highest BCUT2D eigenvalue weighted by Crippen LogP contribution is 2.61. The summed E-state index contributed by atoms with van der Waals surface area (Å²) in [6.45, 7) is 2.65. The van der Waals surface area contributed by atoms with Gasteiger partial charge in [-0.15, -0.1) is 0 Å². The van der Waals surface area contributed by atoms with E-state index in [9.17, 15) is 5.11 Å². The Morgan fingerprint density at radius 3 is 1.82 bits per heavy atom. The predicted molar refractivity (Wildman–Crippen MR) is 88.8 cm³/mol. The Bertz CT molecular complexity index is 551. The van der Waals surface area contributed by atoms with Crippen molar-refractivity contribution >= 4 is 0 Å². The molecule has 2 unspecified atom stereocenters. The van der Waals surface area contributed by atoms with Crippen LogP contribution in [0.1, 0.15) is 63.0 Å². The molecule has 0 heterocycles. The Morgan fingerprint density at radius 2 is 1.36 bits per heavy atom. The van der Waals surface area contributed by atoms with Gasteiger partial charge in [-0.05, 0) is 90.6 Å². The van der Waals surface area contributed by atoms with Crippen LogP contribution < -0.4 is 0 Å². The van der Waals surface area contributed by atoms with Crippen LogP contribution in [0.25, 0.3) is 0 Å². The quantitative estimate of drug-likeness (QED) is 0.875. The Hall–Kier alpha value is -0.820. The van der Waals surface area contributed by atoms with E-state index in [1.807, 2.05) is 0 Å². The lowest BCUT2D eigenvalue weighted by atomic mass is 9.48. The smallest absolute Gasteiger partial charge is 0.0468 e. The molecule has 0 spiro atoms. The van der Waals surface area contributed by atoms with Crippen LogP contribution in [-0.4, -0.2) is 11.7 Å². The molecule has 6 rings (SSSR count). The summed E-state index contributed by atoms with van der Waals surface area (Å²) in [5.74, 6) is 3.54. The molecular formula is C21H28O. The van der Waals surface area contributed by atoms with E-state index < -0.39 is 0 Å². The van der Waals surface area contributed by atoms with E-state index in [1.54, 1.807) is 5.56 Å². The molecule has 1 aromatic rings. The minimum Gasteiger partial charge on any atom is -0.396 e. The van der Waals surface area contributed by atoms with Crippen molar-refractivity contribution in [1.29, 1.82) is 0 Å². The van der Waals surface area contributed by atoms with Crippen LogP contribution >= 0.6 is 0 Å². The molecule has 0 aliphatic heterocycles. The van der Waals surface area contributed by atoms with Gasteiger partial charge in [0.2, 0.25) is 0 Å². The second-order valence-corrected chi connectivity index (χ2v) is 9.28. The molecule has 5 aliphatic rings. The van der Waals surface area contributed by atoms with E-state index in [4.69, 9.17) is 0 Å². The summed E-state index contributed by atoms with van der Waals surface area (Å²) in [6.07, 6.45) is 10.1. The Balaban J connectivity index is 1.44. The molecule has 1 heteroatoms. The van der Waals surface area contributed by atoms with Gasteiger partial charge in [-0.3, -0.25) is 0 Å². The maximum absolute atomic E-state index is 9.41. The van der Waals surface area contributed by atoms with E-state index in [0.717, 1.165) is 24.2 Å². The van der Waals surface area contributed by atoms with Crippen LogP contribution in [-0.2, 0) is 10.8 Å². The first-order valence-corrected chi connectivity index (χ1v) is 9.33. The van der Waals surface area contributed by atoms with Crippen LogP contribution in [0, 0.1) is 23.7 Å². The van der Waals surface area contributed by atoms with Crippen molar-refractivity contribution in [2.75, 3.05) is 6.61 Å². The van der Waals surface area contributed by atoms with E-state index >= 15 is 0 Å². The third-order valence-corrected chi connectivity index (χ3v) is 7.83. The van der Waals surface area contributed by atoms with Gasteiger partial charge >= 0.3 is 0 Å². The number of aliphatic hydroxyl groups excluding tert-OH is 1.